The van der Waals surface area contributed by atoms with Gasteiger partial charge in [0.05, 0.1) is 11.9 Å². The van der Waals surface area contributed by atoms with Gasteiger partial charge in [0.1, 0.15) is 6.04 Å². The van der Waals surface area contributed by atoms with Crippen molar-refractivity contribution in [2.45, 2.75) is 58.2 Å². The highest BCUT2D eigenvalue weighted by atomic mass is 79.9. The lowest BCUT2D eigenvalue weighted by Crippen LogP contribution is -2.52. The van der Waals surface area contributed by atoms with E-state index < -0.39 is 16.1 Å². The fourth-order valence-corrected chi connectivity index (χ4v) is 5.61. The number of halogens is 1. The second-order valence-electron chi connectivity index (χ2n) is 9.95. The Hall–Kier alpha value is -3.17. The summed E-state index contributed by atoms with van der Waals surface area (Å²) in [5.41, 5.74) is 2.40. The van der Waals surface area contributed by atoms with Gasteiger partial charge in [-0.25, -0.2) is 8.42 Å². The smallest absolute Gasteiger partial charge is 0.243 e. The third kappa shape index (κ3) is 9.48. The summed E-state index contributed by atoms with van der Waals surface area (Å²) in [5, 5.41) is 3.07. The molecule has 3 aromatic carbocycles. The van der Waals surface area contributed by atoms with E-state index in [4.69, 9.17) is 0 Å². The standard InChI is InChI=1S/C31H38BrN3O4S/c1-4-24(2)33-31(37)29(22-25-12-7-5-8-13-25)34(23-26-17-19-27(32)20-18-26)30(36)16-11-21-35(40(3,38)39)28-14-9-6-10-15-28/h5-10,12-15,17-20,24,29H,4,11,16,21-23H2,1-3H3,(H,33,37). The molecule has 0 saturated carbocycles. The Morgan fingerprint density at radius 2 is 1.50 bits per heavy atom. The molecule has 0 bridgehead atoms. The summed E-state index contributed by atoms with van der Waals surface area (Å²) in [4.78, 5) is 29.1. The van der Waals surface area contributed by atoms with Gasteiger partial charge in [-0.3, -0.25) is 13.9 Å². The van der Waals surface area contributed by atoms with E-state index in [1.165, 1.54) is 4.31 Å². The van der Waals surface area contributed by atoms with Crippen molar-refractivity contribution >= 4 is 43.5 Å². The number of hydrogen-bond acceptors (Lipinski definition) is 4. The van der Waals surface area contributed by atoms with E-state index in [1.54, 1.807) is 29.2 Å². The van der Waals surface area contributed by atoms with Gasteiger partial charge in [0, 0.05) is 36.4 Å². The monoisotopic (exact) mass is 627 g/mol. The predicted octanol–water partition coefficient (Wildman–Crippen LogP) is 5.55. The average molecular weight is 629 g/mol. The van der Waals surface area contributed by atoms with Crippen LogP contribution in [-0.2, 0) is 32.6 Å². The lowest BCUT2D eigenvalue weighted by atomic mass is 10.0. The molecule has 0 saturated heterocycles. The van der Waals surface area contributed by atoms with Gasteiger partial charge in [-0.1, -0.05) is 83.5 Å². The molecule has 7 nitrogen and oxygen atoms in total. The minimum absolute atomic E-state index is 0.0374. The van der Waals surface area contributed by atoms with Crippen LogP contribution in [-0.4, -0.2) is 50.0 Å². The lowest BCUT2D eigenvalue weighted by Gasteiger charge is -2.32. The summed E-state index contributed by atoms with van der Waals surface area (Å²) in [6, 6.07) is 25.4. The Bertz CT molecular complexity index is 1340. The molecule has 214 valence electrons. The third-order valence-electron chi connectivity index (χ3n) is 6.73. The summed E-state index contributed by atoms with van der Waals surface area (Å²) in [7, 11) is -3.54. The highest BCUT2D eigenvalue weighted by molar-refractivity contribution is 9.10. The van der Waals surface area contributed by atoms with Crippen molar-refractivity contribution < 1.29 is 18.0 Å². The van der Waals surface area contributed by atoms with Crippen molar-refractivity contribution in [3.63, 3.8) is 0 Å². The van der Waals surface area contributed by atoms with Gasteiger partial charge in [0.2, 0.25) is 21.8 Å². The number of hydrogen-bond donors (Lipinski definition) is 1. The molecule has 0 fully saturated rings. The van der Waals surface area contributed by atoms with Crippen molar-refractivity contribution in [3.05, 3.63) is 101 Å². The number of amides is 2. The van der Waals surface area contributed by atoms with E-state index in [-0.39, 0.29) is 37.4 Å². The largest absolute Gasteiger partial charge is 0.352 e. The first-order valence-electron chi connectivity index (χ1n) is 13.5. The molecule has 3 rings (SSSR count). The van der Waals surface area contributed by atoms with Crippen LogP contribution >= 0.6 is 15.9 Å². The Labute approximate surface area is 246 Å². The van der Waals surface area contributed by atoms with Gasteiger partial charge in [-0.2, -0.15) is 0 Å². The first kappa shape index (κ1) is 31.4. The number of nitrogens with zero attached hydrogens (tertiary/aromatic N) is 2. The van der Waals surface area contributed by atoms with Gasteiger partial charge >= 0.3 is 0 Å². The van der Waals surface area contributed by atoms with E-state index in [0.29, 0.717) is 18.5 Å². The molecule has 2 atom stereocenters. The minimum Gasteiger partial charge on any atom is -0.352 e. The molecule has 0 radical (unpaired) electrons. The van der Waals surface area contributed by atoms with Crippen molar-refractivity contribution in [3.8, 4) is 0 Å². The van der Waals surface area contributed by atoms with Crippen LogP contribution in [0, 0.1) is 0 Å². The molecule has 0 heterocycles. The van der Waals surface area contributed by atoms with E-state index in [2.05, 4.69) is 21.2 Å². The first-order chi connectivity index (χ1) is 19.1. The summed E-state index contributed by atoms with van der Waals surface area (Å²) < 4.78 is 27.3. The molecular weight excluding hydrogens is 590 g/mol. The normalized spacial score (nSPS) is 12.8. The zero-order valence-corrected chi connectivity index (χ0v) is 25.7. The Morgan fingerprint density at radius 1 is 0.900 bits per heavy atom. The Kier molecular flexibility index (Phi) is 11.8. The first-order valence-corrected chi connectivity index (χ1v) is 16.1. The Morgan fingerprint density at radius 3 is 2.08 bits per heavy atom. The zero-order chi connectivity index (χ0) is 29.1. The topological polar surface area (TPSA) is 86.8 Å². The highest BCUT2D eigenvalue weighted by Gasteiger charge is 2.31. The van der Waals surface area contributed by atoms with Crippen LogP contribution in [0.1, 0.15) is 44.2 Å². The van der Waals surface area contributed by atoms with E-state index >= 15 is 0 Å². The second-order valence-corrected chi connectivity index (χ2v) is 12.8. The number of carbonyl (C=O) groups excluding carboxylic acids is 2. The maximum absolute atomic E-state index is 13.8. The second kappa shape index (κ2) is 15.0. The van der Waals surface area contributed by atoms with Gasteiger partial charge in [0.25, 0.3) is 0 Å². The SMILES string of the molecule is CCC(C)NC(=O)C(Cc1ccccc1)N(Cc1ccc(Br)cc1)C(=O)CCCN(c1ccccc1)S(C)(=O)=O. The van der Waals surface area contributed by atoms with Crippen LogP contribution in [0.25, 0.3) is 0 Å². The maximum atomic E-state index is 13.8. The van der Waals surface area contributed by atoms with Crippen LogP contribution in [0.2, 0.25) is 0 Å². The molecule has 0 spiro atoms. The predicted molar refractivity (Wildman–Crippen MR) is 164 cm³/mol. The van der Waals surface area contributed by atoms with Crippen molar-refractivity contribution in [1.29, 1.82) is 0 Å². The highest BCUT2D eigenvalue weighted by Crippen LogP contribution is 2.21. The number of nitrogens with one attached hydrogen (secondary N) is 1. The Balaban J connectivity index is 1.88. The van der Waals surface area contributed by atoms with E-state index in [0.717, 1.165) is 28.3 Å². The fraction of sp³-hybridized carbons (Fsp3) is 0.355. The molecule has 0 aliphatic rings. The van der Waals surface area contributed by atoms with Gasteiger partial charge in [-0.05, 0) is 55.2 Å². The number of rotatable bonds is 14. The summed E-state index contributed by atoms with van der Waals surface area (Å²) in [6.07, 6.45) is 2.70. The van der Waals surface area contributed by atoms with Gasteiger partial charge in [-0.15, -0.1) is 0 Å². The molecule has 3 aromatic rings. The van der Waals surface area contributed by atoms with Crippen LogP contribution in [0.5, 0.6) is 0 Å². The number of para-hydroxylation sites is 1. The molecule has 0 aromatic heterocycles. The maximum Gasteiger partial charge on any atom is 0.243 e. The fourth-order valence-electron chi connectivity index (χ4n) is 4.38. The lowest BCUT2D eigenvalue weighted by molar-refractivity contribution is -0.141. The number of carbonyl (C=O) groups is 2. The van der Waals surface area contributed by atoms with Crippen molar-refractivity contribution in [2.75, 3.05) is 17.1 Å². The summed E-state index contributed by atoms with van der Waals surface area (Å²) >= 11 is 3.46. The summed E-state index contributed by atoms with van der Waals surface area (Å²) in [6.45, 7) is 4.36. The van der Waals surface area contributed by atoms with Crippen LogP contribution in [0.4, 0.5) is 5.69 Å². The van der Waals surface area contributed by atoms with Crippen molar-refractivity contribution in [1.82, 2.24) is 10.2 Å². The molecular formula is C31H38BrN3O4S. The van der Waals surface area contributed by atoms with E-state index in [1.807, 2.05) is 74.5 Å². The molecule has 0 aliphatic heterocycles. The third-order valence-corrected chi connectivity index (χ3v) is 8.46. The van der Waals surface area contributed by atoms with Gasteiger partial charge in [0.15, 0.2) is 0 Å². The minimum atomic E-state index is -3.54. The van der Waals surface area contributed by atoms with Crippen LogP contribution in [0.15, 0.2) is 89.4 Å². The van der Waals surface area contributed by atoms with Gasteiger partial charge < -0.3 is 10.2 Å². The van der Waals surface area contributed by atoms with E-state index in [9.17, 15) is 18.0 Å². The number of anilines is 1. The molecule has 0 aliphatic carbocycles. The van der Waals surface area contributed by atoms with Crippen LogP contribution < -0.4 is 9.62 Å². The number of benzene rings is 3. The quantitative estimate of drug-likeness (QED) is 0.254. The molecule has 2 amide bonds. The zero-order valence-electron chi connectivity index (χ0n) is 23.3. The number of sulfonamides is 1. The molecule has 2 unspecified atom stereocenters. The van der Waals surface area contributed by atoms with Crippen molar-refractivity contribution in [2.24, 2.45) is 0 Å². The van der Waals surface area contributed by atoms with Crippen LogP contribution in [0.3, 0.4) is 0 Å². The molecule has 9 heteroatoms. The molecule has 1 N–H and O–H groups in total. The summed E-state index contributed by atoms with van der Waals surface area (Å²) in [5.74, 6) is -0.407. The average Bonchev–Trinajstić information content (AvgIpc) is 2.94. The molecule has 40 heavy (non-hydrogen) atoms.